The molecule has 0 N–H and O–H groups in total. The van der Waals surface area contributed by atoms with Gasteiger partial charge in [0.2, 0.25) is 0 Å². The lowest BCUT2D eigenvalue weighted by molar-refractivity contribution is 1.10. The van der Waals surface area contributed by atoms with Gasteiger partial charge in [-0.3, -0.25) is 15.0 Å². The molecule has 0 aliphatic carbocycles. The predicted molar refractivity (Wildman–Crippen MR) is 54.6 cm³/mol. The van der Waals surface area contributed by atoms with E-state index >= 15 is 0 Å². The molecule has 14 heavy (non-hydrogen) atoms. The van der Waals surface area contributed by atoms with E-state index in [0.29, 0.717) is 0 Å². The van der Waals surface area contributed by atoms with Crippen molar-refractivity contribution in [2.45, 2.75) is 13.3 Å². The quantitative estimate of drug-likeness (QED) is 0.719. The van der Waals surface area contributed by atoms with Crippen LogP contribution in [0.2, 0.25) is 0 Å². The Morgan fingerprint density at radius 2 is 1.93 bits per heavy atom. The molecule has 2 heterocycles. The van der Waals surface area contributed by atoms with Gasteiger partial charge in [-0.1, -0.05) is 13.0 Å². The number of rotatable bonds is 2. The third-order valence-electron chi connectivity index (χ3n) is 2.06. The van der Waals surface area contributed by atoms with Crippen LogP contribution in [0.15, 0.2) is 36.9 Å². The molecule has 0 saturated heterocycles. The fourth-order valence-corrected chi connectivity index (χ4v) is 1.22. The van der Waals surface area contributed by atoms with E-state index in [0.717, 1.165) is 17.8 Å². The first-order valence-corrected chi connectivity index (χ1v) is 4.61. The lowest BCUT2D eigenvalue weighted by atomic mass is 10.2. The predicted octanol–water partition coefficient (Wildman–Crippen LogP) is 2.10. The Bertz CT molecular complexity index is 395. The maximum Gasteiger partial charge on any atom is 0.107 e. The molecule has 0 spiro atoms. The van der Waals surface area contributed by atoms with E-state index in [-0.39, 0.29) is 0 Å². The standard InChI is InChI=1S/C11H11N3/c1-2-9-3-4-10(14-7-9)11-8-12-5-6-13-11/h3-8H,2H2,1H3. The molecule has 0 aromatic carbocycles. The molecule has 0 bridgehead atoms. The van der Waals surface area contributed by atoms with Crippen LogP contribution in [-0.2, 0) is 6.42 Å². The van der Waals surface area contributed by atoms with Crippen LogP contribution in [0.5, 0.6) is 0 Å². The number of hydrogen-bond donors (Lipinski definition) is 0. The molecule has 0 aliphatic heterocycles. The van der Waals surface area contributed by atoms with Gasteiger partial charge in [0.05, 0.1) is 11.9 Å². The number of aromatic nitrogens is 3. The van der Waals surface area contributed by atoms with Crippen molar-refractivity contribution in [2.75, 3.05) is 0 Å². The van der Waals surface area contributed by atoms with Gasteiger partial charge in [-0.25, -0.2) is 0 Å². The van der Waals surface area contributed by atoms with Crippen molar-refractivity contribution in [1.82, 2.24) is 15.0 Å². The van der Waals surface area contributed by atoms with Crippen LogP contribution < -0.4 is 0 Å². The highest BCUT2D eigenvalue weighted by Crippen LogP contribution is 2.12. The minimum Gasteiger partial charge on any atom is -0.261 e. The van der Waals surface area contributed by atoms with Crippen molar-refractivity contribution in [1.29, 1.82) is 0 Å². The highest BCUT2D eigenvalue weighted by atomic mass is 14.8. The number of aryl methyl sites for hydroxylation is 1. The van der Waals surface area contributed by atoms with Crippen LogP contribution >= 0.6 is 0 Å². The third-order valence-corrected chi connectivity index (χ3v) is 2.06. The molecule has 0 radical (unpaired) electrons. The van der Waals surface area contributed by atoms with Gasteiger partial charge in [-0.2, -0.15) is 0 Å². The Balaban J connectivity index is 2.34. The van der Waals surface area contributed by atoms with Gasteiger partial charge in [-0.05, 0) is 18.1 Å². The smallest absolute Gasteiger partial charge is 0.107 e. The topological polar surface area (TPSA) is 38.7 Å². The summed E-state index contributed by atoms with van der Waals surface area (Å²) in [5, 5.41) is 0. The summed E-state index contributed by atoms with van der Waals surface area (Å²) in [4.78, 5) is 12.5. The molecular formula is C11H11N3. The normalized spacial score (nSPS) is 10.1. The van der Waals surface area contributed by atoms with Crippen LogP contribution in [0.3, 0.4) is 0 Å². The first-order chi connectivity index (χ1) is 6.90. The summed E-state index contributed by atoms with van der Waals surface area (Å²) in [5.74, 6) is 0. The Morgan fingerprint density at radius 1 is 1.00 bits per heavy atom. The summed E-state index contributed by atoms with van der Waals surface area (Å²) in [6, 6.07) is 4.04. The summed E-state index contributed by atoms with van der Waals surface area (Å²) in [7, 11) is 0. The minimum absolute atomic E-state index is 0.815. The zero-order valence-electron chi connectivity index (χ0n) is 8.01. The first-order valence-electron chi connectivity index (χ1n) is 4.61. The maximum atomic E-state index is 4.32. The van der Waals surface area contributed by atoms with E-state index in [1.54, 1.807) is 18.6 Å². The summed E-state index contributed by atoms with van der Waals surface area (Å²) >= 11 is 0. The van der Waals surface area contributed by atoms with Crippen LogP contribution in [0.25, 0.3) is 11.4 Å². The molecule has 3 heteroatoms. The largest absolute Gasteiger partial charge is 0.261 e. The lowest BCUT2D eigenvalue weighted by Gasteiger charge is -1.99. The molecule has 0 amide bonds. The summed E-state index contributed by atoms with van der Waals surface area (Å²) in [6.07, 6.45) is 7.93. The van der Waals surface area contributed by atoms with Crippen molar-refractivity contribution >= 4 is 0 Å². The molecule has 2 aromatic heterocycles. The molecule has 3 nitrogen and oxygen atoms in total. The van der Waals surface area contributed by atoms with Gasteiger partial charge in [0.25, 0.3) is 0 Å². The third kappa shape index (κ3) is 1.76. The van der Waals surface area contributed by atoms with E-state index in [1.807, 2.05) is 12.3 Å². The van der Waals surface area contributed by atoms with E-state index < -0.39 is 0 Å². The maximum absolute atomic E-state index is 4.32. The Morgan fingerprint density at radius 3 is 2.50 bits per heavy atom. The molecule has 0 fully saturated rings. The van der Waals surface area contributed by atoms with Gasteiger partial charge < -0.3 is 0 Å². The molecule has 0 atom stereocenters. The van der Waals surface area contributed by atoms with E-state index in [1.165, 1.54) is 5.56 Å². The highest BCUT2D eigenvalue weighted by Gasteiger charge is 1.99. The van der Waals surface area contributed by atoms with Gasteiger partial charge >= 0.3 is 0 Å². The van der Waals surface area contributed by atoms with Crippen LogP contribution in [0, 0.1) is 0 Å². The Hall–Kier alpha value is -1.77. The second kappa shape index (κ2) is 3.96. The molecule has 0 unspecified atom stereocenters. The minimum atomic E-state index is 0.815. The number of nitrogens with zero attached hydrogens (tertiary/aromatic N) is 3. The second-order valence-electron chi connectivity index (χ2n) is 3.00. The van der Waals surface area contributed by atoms with E-state index in [9.17, 15) is 0 Å². The van der Waals surface area contributed by atoms with Crippen LogP contribution in [-0.4, -0.2) is 15.0 Å². The molecule has 70 valence electrons. The molecule has 0 saturated carbocycles. The van der Waals surface area contributed by atoms with Crippen LogP contribution in [0.4, 0.5) is 0 Å². The first kappa shape index (κ1) is 8.81. The second-order valence-corrected chi connectivity index (χ2v) is 3.00. The van der Waals surface area contributed by atoms with Crippen molar-refractivity contribution < 1.29 is 0 Å². The average molecular weight is 185 g/mol. The van der Waals surface area contributed by atoms with Crippen molar-refractivity contribution in [3.8, 4) is 11.4 Å². The number of pyridine rings is 1. The average Bonchev–Trinajstić information content (AvgIpc) is 2.30. The summed E-state index contributed by atoms with van der Waals surface area (Å²) in [6.45, 7) is 2.11. The SMILES string of the molecule is CCc1ccc(-c2cnccn2)nc1. The highest BCUT2D eigenvalue weighted by molar-refractivity contribution is 5.52. The molecule has 2 aromatic rings. The van der Waals surface area contributed by atoms with E-state index in [4.69, 9.17) is 0 Å². The van der Waals surface area contributed by atoms with Crippen molar-refractivity contribution in [2.24, 2.45) is 0 Å². The van der Waals surface area contributed by atoms with Crippen molar-refractivity contribution in [3.63, 3.8) is 0 Å². The fourth-order valence-electron chi connectivity index (χ4n) is 1.22. The van der Waals surface area contributed by atoms with Crippen LogP contribution in [0.1, 0.15) is 12.5 Å². The summed E-state index contributed by atoms with van der Waals surface area (Å²) < 4.78 is 0. The summed E-state index contributed by atoms with van der Waals surface area (Å²) in [5.41, 5.74) is 2.92. The fraction of sp³-hybridized carbons (Fsp3) is 0.182. The zero-order chi connectivity index (χ0) is 9.80. The molecule has 2 rings (SSSR count). The van der Waals surface area contributed by atoms with Gasteiger partial charge in [0.1, 0.15) is 5.69 Å². The lowest BCUT2D eigenvalue weighted by Crippen LogP contribution is -1.89. The zero-order valence-corrected chi connectivity index (χ0v) is 8.01. The van der Waals surface area contributed by atoms with Gasteiger partial charge in [0.15, 0.2) is 0 Å². The van der Waals surface area contributed by atoms with Gasteiger partial charge in [0, 0.05) is 18.6 Å². The Kier molecular flexibility index (Phi) is 2.49. The molecule has 0 aliphatic rings. The van der Waals surface area contributed by atoms with E-state index in [2.05, 4.69) is 27.9 Å². The monoisotopic (exact) mass is 185 g/mol. The molecular weight excluding hydrogens is 174 g/mol. The number of hydrogen-bond acceptors (Lipinski definition) is 3. The Labute approximate surface area is 82.9 Å². The van der Waals surface area contributed by atoms with Gasteiger partial charge in [-0.15, -0.1) is 0 Å². The van der Waals surface area contributed by atoms with Crippen molar-refractivity contribution in [3.05, 3.63) is 42.5 Å².